The summed E-state index contributed by atoms with van der Waals surface area (Å²) in [5, 5.41) is 1.16. The van der Waals surface area contributed by atoms with Gasteiger partial charge in [-0.1, -0.05) is 36.2 Å². The zero-order valence-electron chi connectivity index (χ0n) is 9.64. The third kappa shape index (κ3) is 4.31. The summed E-state index contributed by atoms with van der Waals surface area (Å²) >= 11 is 3.51. The van der Waals surface area contributed by atoms with Crippen molar-refractivity contribution >= 4 is 15.9 Å². The van der Waals surface area contributed by atoms with Gasteiger partial charge in [-0.3, -0.25) is 0 Å². The predicted octanol–water partition coefficient (Wildman–Crippen LogP) is 3.53. The number of likely N-dealkylation sites (tertiary alicyclic amines) is 1. The molecule has 1 nitrogen and oxygen atoms in total. The Balaban J connectivity index is 2.07. The Morgan fingerprint density at radius 3 is 2.79 bits per heavy atom. The van der Waals surface area contributed by atoms with Gasteiger partial charge < -0.3 is 4.90 Å². The van der Waals surface area contributed by atoms with E-state index in [1.807, 2.05) is 0 Å². The molecule has 0 saturated carbocycles. The van der Waals surface area contributed by atoms with Crippen LogP contribution in [0.1, 0.15) is 39.5 Å². The third-order valence-corrected chi connectivity index (χ3v) is 3.95. The summed E-state index contributed by atoms with van der Waals surface area (Å²) in [6.45, 7) is 8.72. The summed E-state index contributed by atoms with van der Waals surface area (Å²) in [7, 11) is 0. The molecule has 14 heavy (non-hydrogen) atoms. The number of rotatable bonds is 6. The normalized spacial score (nSPS) is 25.5. The molecule has 2 atom stereocenters. The fourth-order valence-corrected chi connectivity index (χ4v) is 2.96. The van der Waals surface area contributed by atoms with Gasteiger partial charge >= 0.3 is 0 Å². The lowest BCUT2D eigenvalue weighted by Crippen LogP contribution is -2.23. The number of alkyl halides is 1. The smallest absolute Gasteiger partial charge is 0.00338 e. The van der Waals surface area contributed by atoms with E-state index in [1.54, 1.807) is 0 Å². The summed E-state index contributed by atoms with van der Waals surface area (Å²) < 4.78 is 0. The highest BCUT2D eigenvalue weighted by molar-refractivity contribution is 9.09. The molecule has 0 aromatic heterocycles. The maximum Gasteiger partial charge on any atom is 0.00338 e. The monoisotopic (exact) mass is 261 g/mol. The molecule has 0 radical (unpaired) electrons. The van der Waals surface area contributed by atoms with E-state index >= 15 is 0 Å². The topological polar surface area (TPSA) is 3.24 Å². The average molecular weight is 262 g/mol. The van der Waals surface area contributed by atoms with Gasteiger partial charge in [-0.25, -0.2) is 0 Å². The number of halogens is 1. The molecule has 84 valence electrons. The summed E-state index contributed by atoms with van der Waals surface area (Å²) in [4.78, 5) is 2.65. The lowest BCUT2D eigenvalue weighted by Gasteiger charge is -2.18. The summed E-state index contributed by atoms with van der Waals surface area (Å²) in [5.41, 5.74) is 0. The van der Waals surface area contributed by atoms with Crippen molar-refractivity contribution < 1.29 is 0 Å². The van der Waals surface area contributed by atoms with Crippen LogP contribution in [0.4, 0.5) is 0 Å². The van der Waals surface area contributed by atoms with E-state index in [-0.39, 0.29) is 0 Å². The molecule has 0 N–H and O–H groups in total. The molecule has 2 heteroatoms. The van der Waals surface area contributed by atoms with Crippen molar-refractivity contribution in [2.75, 3.05) is 25.0 Å². The first-order valence-electron chi connectivity index (χ1n) is 6.04. The van der Waals surface area contributed by atoms with E-state index in [0.717, 1.165) is 17.2 Å². The van der Waals surface area contributed by atoms with Crippen LogP contribution >= 0.6 is 15.9 Å². The number of hydrogen-bond acceptors (Lipinski definition) is 1. The average Bonchev–Trinajstić information content (AvgIpc) is 2.63. The zero-order valence-corrected chi connectivity index (χ0v) is 11.2. The van der Waals surface area contributed by atoms with E-state index in [0.29, 0.717) is 0 Å². The Kier molecular flexibility index (Phi) is 6.11. The van der Waals surface area contributed by atoms with Crippen LogP contribution in [0.2, 0.25) is 0 Å². The second-order valence-electron chi connectivity index (χ2n) is 4.74. The van der Waals surface area contributed by atoms with Crippen LogP contribution in [-0.4, -0.2) is 29.9 Å². The van der Waals surface area contributed by atoms with Crippen molar-refractivity contribution in [3.8, 4) is 0 Å². The van der Waals surface area contributed by atoms with Crippen LogP contribution in [0.3, 0.4) is 0 Å². The first-order valence-corrected chi connectivity index (χ1v) is 7.16. The van der Waals surface area contributed by atoms with Crippen LogP contribution in [0.25, 0.3) is 0 Å². The van der Waals surface area contributed by atoms with Crippen LogP contribution in [-0.2, 0) is 0 Å². The molecule has 0 aromatic rings. The Bertz CT molecular complexity index is 149. The Labute approximate surface area is 97.4 Å². The van der Waals surface area contributed by atoms with Gasteiger partial charge in [0, 0.05) is 11.9 Å². The summed E-state index contributed by atoms with van der Waals surface area (Å²) in [6.07, 6.45) is 5.50. The van der Waals surface area contributed by atoms with Crippen LogP contribution in [0.15, 0.2) is 0 Å². The van der Waals surface area contributed by atoms with Gasteiger partial charge in [-0.05, 0) is 44.2 Å². The van der Waals surface area contributed by atoms with E-state index < -0.39 is 0 Å². The van der Waals surface area contributed by atoms with Crippen LogP contribution < -0.4 is 0 Å². The maximum atomic E-state index is 3.51. The van der Waals surface area contributed by atoms with Crippen molar-refractivity contribution in [1.82, 2.24) is 4.90 Å². The SMILES string of the molecule is CCC1CCN(CCC(C)CCBr)C1. The molecular formula is C12H24BrN. The fourth-order valence-electron chi connectivity index (χ4n) is 2.18. The second kappa shape index (κ2) is 6.84. The second-order valence-corrected chi connectivity index (χ2v) is 5.53. The standard InChI is InChI=1S/C12H24BrN/c1-3-12-6-9-14(10-12)8-5-11(2)4-7-13/h11-12H,3-10H2,1-2H3. The van der Waals surface area contributed by atoms with Crippen molar-refractivity contribution in [2.45, 2.75) is 39.5 Å². The number of hydrogen-bond donors (Lipinski definition) is 0. The molecular weight excluding hydrogens is 238 g/mol. The van der Waals surface area contributed by atoms with E-state index in [1.165, 1.54) is 45.3 Å². The summed E-state index contributed by atoms with van der Waals surface area (Å²) in [5.74, 6) is 1.87. The molecule has 0 aromatic carbocycles. The quantitative estimate of drug-likeness (QED) is 0.662. The zero-order chi connectivity index (χ0) is 10.4. The highest BCUT2D eigenvalue weighted by Gasteiger charge is 2.20. The molecule has 2 unspecified atom stereocenters. The minimum absolute atomic E-state index is 0.884. The maximum absolute atomic E-state index is 3.51. The van der Waals surface area contributed by atoms with Crippen molar-refractivity contribution in [3.05, 3.63) is 0 Å². The first-order chi connectivity index (χ1) is 6.76. The predicted molar refractivity (Wildman–Crippen MR) is 67.0 cm³/mol. The van der Waals surface area contributed by atoms with Gasteiger partial charge in [0.2, 0.25) is 0 Å². The largest absolute Gasteiger partial charge is 0.303 e. The van der Waals surface area contributed by atoms with Gasteiger partial charge in [0.05, 0.1) is 0 Å². The van der Waals surface area contributed by atoms with E-state index in [9.17, 15) is 0 Å². The molecule has 1 heterocycles. The van der Waals surface area contributed by atoms with Crippen molar-refractivity contribution in [3.63, 3.8) is 0 Å². The molecule has 0 aliphatic carbocycles. The lowest BCUT2D eigenvalue weighted by atomic mass is 10.1. The van der Waals surface area contributed by atoms with Crippen LogP contribution in [0.5, 0.6) is 0 Å². The molecule has 0 bridgehead atoms. The minimum Gasteiger partial charge on any atom is -0.303 e. The van der Waals surface area contributed by atoms with E-state index in [2.05, 4.69) is 34.7 Å². The van der Waals surface area contributed by atoms with Gasteiger partial charge in [0.1, 0.15) is 0 Å². The molecule has 1 saturated heterocycles. The van der Waals surface area contributed by atoms with Gasteiger partial charge in [0.15, 0.2) is 0 Å². The van der Waals surface area contributed by atoms with Gasteiger partial charge in [0.25, 0.3) is 0 Å². The van der Waals surface area contributed by atoms with Gasteiger partial charge in [-0.15, -0.1) is 0 Å². The molecule has 0 amide bonds. The fraction of sp³-hybridized carbons (Fsp3) is 1.00. The molecule has 1 aliphatic heterocycles. The minimum atomic E-state index is 0.884. The van der Waals surface area contributed by atoms with Crippen molar-refractivity contribution in [2.24, 2.45) is 11.8 Å². The van der Waals surface area contributed by atoms with E-state index in [4.69, 9.17) is 0 Å². The van der Waals surface area contributed by atoms with Gasteiger partial charge in [-0.2, -0.15) is 0 Å². The Morgan fingerprint density at radius 2 is 2.21 bits per heavy atom. The Morgan fingerprint density at radius 1 is 1.43 bits per heavy atom. The molecule has 1 aliphatic rings. The van der Waals surface area contributed by atoms with Crippen molar-refractivity contribution in [1.29, 1.82) is 0 Å². The highest BCUT2D eigenvalue weighted by Crippen LogP contribution is 2.20. The number of nitrogens with zero attached hydrogens (tertiary/aromatic N) is 1. The molecule has 1 rings (SSSR count). The third-order valence-electron chi connectivity index (χ3n) is 3.49. The first kappa shape index (κ1) is 12.5. The Hall–Kier alpha value is 0.440. The van der Waals surface area contributed by atoms with Crippen LogP contribution in [0, 0.1) is 11.8 Å². The molecule has 0 spiro atoms. The molecule has 1 fully saturated rings. The lowest BCUT2D eigenvalue weighted by molar-refractivity contribution is 0.294. The highest BCUT2D eigenvalue weighted by atomic mass is 79.9. The summed E-state index contributed by atoms with van der Waals surface area (Å²) in [6, 6.07) is 0.